The molecular formula is C12H15N3O3S. The molecule has 0 aromatic heterocycles. The maximum atomic E-state index is 11.5. The summed E-state index contributed by atoms with van der Waals surface area (Å²) < 4.78 is 5.28. The van der Waals surface area contributed by atoms with Crippen molar-refractivity contribution in [1.82, 2.24) is 5.32 Å². The van der Waals surface area contributed by atoms with Gasteiger partial charge in [-0.15, -0.1) is 0 Å². The zero-order valence-corrected chi connectivity index (χ0v) is 11.3. The van der Waals surface area contributed by atoms with Crippen molar-refractivity contribution in [3.05, 3.63) is 24.3 Å². The van der Waals surface area contributed by atoms with Gasteiger partial charge in [-0.25, -0.2) is 0 Å². The molecule has 7 heteroatoms. The summed E-state index contributed by atoms with van der Waals surface area (Å²) >= 11 is 4.59. The number of ether oxygens (including phenoxy) is 1. The van der Waals surface area contributed by atoms with Gasteiger partial charge >= 0.3 is 11.8 Å². The number of hydrogen-bond donors (Lipinski definition) is 3. The predicted octanol–water partition coefficient (Wildman–Crippen LogP) is 0.426. The largest absolute Gasteiger partial charge is 0.494 e. The van der Waals surface area contributed by atoms with Gasteiger partial charge in [0.25, 0.3) is 0 Å². The molecule has 102 valence electrons. The molecule has 0 fully saturated rings. The van der Waals surface area contributed by atoms with Crippen LogP contribution < -0.4 is 21.1 Å². The van der Waals surface area contributed by atoms with E-state index in [4.69, 9.17) is 10.5 Å². The third kappa shape index (κ3) is 5.35. The Hall–Kier alpha value is -2.15. The molecule has 0 atom stereocenters. The first-order chi connectivity index (χ1) is 9.02. The van der Waals surface area contributed by atoms with Gasteiger partial charge in [0.15, 0.2) is 0 Å². The van der Waals surface area contributed by atoms with Crippen LogP contribution >= 0.6 is 12.2 Å². The molecule has 0 aliphatic heterocycles. The fraction of sp³-hybridized carbons (Fsp3) is 0.250. The van der Waals surface area contributed by atoms with Crippen LogP contribution in [0.4, 0.5) is 5.69 Å². The highest BCUT2D eigenvalue weighted by molar-refractivity contribution is 7.80. The summed E-state index contributed by atoms with van der Waals surface area (Å²) in [6.07, 6.45) is 0. The highest BCUT2D eigenvalue weighted by Gasteiger charge is 2.13. The topological polar surface area (TPSA) is 93.4 Å². The van der Waals surface area contributed by atoms with Gasteiger partial charge in [-0.1, -0.05) is 18.3 Å². The molecule has 0 unspecified atom stereocenters. The van der Waals surface area contributed by atoms with E-state index in [0.717, 1.165) is 0 Å². The number of nitrogens with one attached hydrogen (secondary N) is 2. The Kier molecular flexibility index (Phi) is 5.74. The quantitative estimate of drug-likeness (QED) is 0.537. The Balaban J connectivity index is 2.58. The average molecular weight is 281 g/mol. The lowest BCUT2D eigenvalue weighted by Gasteiger charge is -2.08. The Morgan fingerprint density at radius 2 is 2.11 bits per heavy atom. The fourth-order valence-electron chi connectivity index (χ4n) is 1.27. The molecular weight excluding hydrogens is 266 g/mol. The molecule has 0 radical (unpaired) electrons. The summed E-state index contributed by atoms with van der Waals surface area (Å²) in [7, 11) is 0. The van der Waals surface area contributed by atoms with Crippen LogP contribution in [-0.2, 0) is 9.59 Å². The second-order valence-corrected chi connectivity index (χ2v) is 4.09. The average Bonchev–Trinajstić information content (AvgIpc) is 2.36. The van der Waals surface area contributed by atoms with Crippen molar-refractivity contribution < 1.29 is 14.3 Å². The predicted molar refractivity (Wildman–Crippen MR) is 76.0 cm³/mol. The van der Waals surface area contributed by atoms with Gasteiger partial charge in [0, 0.05) is 11.8 Å². The summed E-state index contributed by atoms with van der Waals surface area (Å²) in [6.45, 7) is 2.36. The van der Waals surface area contributed by atoms with E-state index in [0.29, 0.717) is 18.0 Å². The van der Waals surface area contributed by atoms with Crippen LogP contribution in [0.5, 0.6) is 5.75 Å². The van der Waals surface area contributed by atoms with E-state index in [-0.39, 0.29) is 11.5 Å². The summed E-state index contributed by atoms with van der Waals surface area (Å²) in [5.74, 6) is -0.969. The number of amides is 2. The molecule has 1 rings (SSSR count). The maximum absolute atomic E-state index is 11.5. The summed E-state index contributed by atoms with van der Waals surface area (Å²) in [5.41, 5.74) is 5.69. The molecule has 2 amide bonds. The molecule has 0 saturated heterocycles. The normalized spacial score (nSPS) is 9.53. The van der Waals surface area contributed by atoms with Crippen LogP contribution in [0.1, 0.15) is 6.92 Å². The van der Waals surface area contributed by atoms with Crippen LogP contribution in [0.3, 0.4) is 0 Å². The third-order valence-electron chi connectivity index (χ3n) is 2.03. The highest BCUT2D eigenvalue weighted by Crippen LogP contribution is 2.16. The number of thiocarbonyl (C=S) groups is 1. The molecule has 4 N–H and O–H groups in total. The van der Waals surface area contributed by atoms with Gasteiger partial charge in [-0.3, -0.25) is 9.59 Å². The Labute approximate surface area is 116 Å². The summed E-state index contributed by atoms with van der Waals surface area (Å²) in [6, 6.07) is 6.75. The summed E-state index contributed by atoms with van der Waals surface area (Å²) in [5, 5.41) is 4.74. The van der Waals surface area contributed by atoms with Gasteiger partial charge in [0.05, 0.1) is 18.1 Å². The lowest BCUT2D eigenvalue weighted by Crippen LogP contribution is -2.39. The fourth-order valence-corrected chi connectivity index (χ4v) is 1.34. The molecule has 1 aromatic rings. The number of carbonyl (C=O) groups is 2. The molecule has 0 bridgehead atoms. The Morgan fingerprint density at radius 3 is 2.74 bits per heavy atom. The standard InChI is InChI=1S/C12H15N3O3S/c1-2-18-9-5-3-4-8(6-9)15-12(17)11(16)14-7-10(13)19/h3-6H,2,7H2,1H3,(H2,13,19)(H,14,16)(H,15,17). The van der Waals surface area contributed by atoms with Gasteiger partial charge in [-0.2, -0.15) is 0 Å². The number of nitrogens with two attached hydrogens (primary N) is 1. The van der Waals surface area contributed by atoms with Crippen LogP contribution in [0.2, 0.25) is 0 Å². The third-order valence-corrected chi connectivity index (χ3v) is 2.18. The minimum absolute atomic E-state index is 0.0133. The molecule has 0 aliphatic carbocycles. The molecule has 0 spiro atoms. The number of carbonyl (C=O) groups excluding carboxylic acids is 2. The van der Waals surface area contributed by atoms with E-state index in [2.05, 4.69) is 22.9 Å². The first kappa shape index (κ1) is 14.9. The van der Waals surface area contributed by atoms with Crippen molar-refractivity contribution in [2.75, 3.05) is 18.5 Å². The number of anilines is 1. The van der Waals surface area contributed by atoms with Crippen molar-refractivity contribution in [2.45, 2.75) is 6.92 Å². The second-order valence-electron chi connectivity index (χ2n) is 3.56. The Morgan fingerprint density at radius 1 is 1.37 bits per heavy atom. The monoisotopic (exact) mass is 281 g/mol. The van der Waals surface area contributed by atoms with E-state index < -0.39 is 11.8 Å². The van der Waals surface area contributed by atoms with Crippen LogP contribution in [0.25, 0.3) is 0 Å². The second kappa shape index (κ2) is 7.32. The van der Waals surface area contributed by atoms with Gasteiger partial charge in [-0.05, 0) is 19.1 Å². The smallest absolute Gasteiger partial charge is 0.313 e. The van der Waals surface area contributed by atoms with E-state index >= 15 is 0 Å². The molecule has 6 nitrogen and oxygen atoms in total. The molecule has 0 saturated carbocycles. The lowest BCUT2D eigenvalue weighted by atomic mass is 10.3. The van der Waals surface area contributed by atoms with Crippen molar-refractivity contribution in [1.29, 1.82) is 0 Å². The van der Waals surface area contributed by atoms with Crippen LogP contribution in [0, 0.1) is 0 Å². The van der Waals surface area contributed by atoms with Crippen molar-refractivity contribution in [3.63, 3.8) is 0 Å². The molecule has 1 aromatic carbocycles. The number of benzene rings is 1. The number of rotatable bonds is 5. The first-order valence-corrected chi connectivity index (χ1v) is 6.04. The molecule has 0 heterocycles. The molecule has 19 heavy (non-hydrogen) atoms. The minimum atomic E-state index is -0.797. The van der Waals surface area contributed by atoms with Crippen molar-refractivity contribution >= 4 is 34.7 Å². The maximum Gasteiger partial charge on any atom is 0.313 e. The Bertz CT molecular complexity index is 491. The number of hydrogen-bond acceptors (Lipinski definition) is 4. The molecule has 0 aliphatic rings. The van der Waals surface area contributed by atoms with Crippen LogP contribution in [0.15, 0.2) is 24.3 Å². The SMILES string of the molecule is CCOc1cccc(NC(=O)C(=O)NCC(N)=S)c1. The van der Waals surface area contributed by atoms with Crippen LogP contribution in [-0.4, -0.2) is 30.0 Å². The van der Waals surface area contributed by atoms with Gasteiger partial charge in [0.2, 0.25) is 0 Å². The van der Waals surface area contributed by atoms with E-state index in [1.807, 2.05) is 6.92 Å². The van der Waals surface area contributed by atoms with Gasteiger partial charge < -0.3 is 21.1 Å². The van der Waals surface area contributed by atoms with Gasteiger partial charge in [0.1, 0.15) is 5.75 Å². The van der Waals surface area contributed by atoms with E-state index in [1.54, 1.807) is 24.3 Å². The van der Waals surface area contributed by atoms with E-state index in [1.165, 1.54) is 0 Å². The first-order valence-electron chi connectivity index (χ1n) is 5.63. The lowest BCUT2D eigenvalue weighted by molar-refractivity contribution is -0.135. The minimum Gasteiger partial charge on any atom is -0.494 e. The van der Waals surface area contributed by atoms with Crippen molar-refractivity contribution in [3.8, 4) is 5.75 Å². The van der Waals surface area contributed by atoms with Crippen molar-refractivity contribution in [2.24, 2.45) is 5.73 Å². The van der Waals surface area contributed by atoms with E-state index in [9.17, 15) is 9.59 Å². The highest BCUT2D eigenvalue weighted by atomic mass is 32.1. The zero-order valence-electron chi connectivity index (χ0n) is 10.4. The zero-order chi connectivity index (χ0) is 14.3. The summed E-state index contributed by atoms with van der Waals surface area (Å²) in [4.78, 5) is 23.0.